The van der Waals surface area contributed by atoms with Gasteiger partial charge in [0.1, 0.15) is 24.1 Å². The lowest BCUT2D eigenvalue weighted by Gasteiger charge is -2.28. The summed E-state index contributed by atoms with van der Waals surface area (Å²) in [5.74, 6) is -0.771. The second-order valence-corrected chi connectivity index (χ2v) is 4.84. The number of hydrogen-bond donors (Lipinski definition) is 4. The molecule has 0 aliphatic heterocycles. The molecule has 8 nitrogen and oxygen atoms in total. The smallest absolute Gasteiger partial charge is 0.167 e. The lowest BCUT2D eigenvalue weighted by Crippen LogP contribution is -2.36. The zero-order valence-electron chi connectivity index (χ0n) is 11.5. The summed E-state index contributed by atoms with van der Waals surface area (Å²) in [6.07, 6.45) is -1.79. The summed E-state index contributed by atoms with van der Waals surface area (Å²) in [5, 5.41) is 29.3. The van der Waals surface area contributed by atoms with E-state index in [-0.39, 0.29) is 30.0 Å². The van der Waals surface area contributed by atoms with E-state index in [4.69, 9.17) is 10.8 Å². The second-order valence-electron chi connectivity index (χ2n) is 4.84. The highest BCUT2D eigenvalue weighted by Crippen LogP contribution is 2.26. The first-order chi connectivity index (χ1) is 9.97. The third kappa shape index (κ3) is 2.94. The molecule has 0 radical (unpaired) electrons. The first-order valence-corrected chi connectivity index (χ1v) is 6.51. The molecule has 9 heteroatoms. The van der Waals surface area contributed by atoms with Crippen LogP contribution in [0, 0.1) is 5.92 Å². The second kappa shape index (κ2) is 6.29. The predicted molar refractivity (Wildman–Crippen MR) is 72.8 cm³/mol. The highest BCUT2D eigenvalue weighted by atomic mass is 19.1. The van der Waals surface area contributed by atoms with Crippen LogP contribution in [0.5, 0.6) is 0 Å². The van der Waals surface area contributed by atoms with Crippen LogP contribution in [0.3, 0.4) is 0 Å². The number of aromatic nitrogens is 4. The summed E-state index contributed by atoms with van der Waals surface area (Å²) in [4.78, 5) is 11.7. The number of nitrogen functional groups attached to an aromatic ring is 1. The number of aliphatic hydroxyl groups is 3. The number of aliphatic hydroxyl groups excluding tert-OH is 3. The lowest BCUT2D eigenvalue weighted by molar-refractivity contribution is -0.0773. The molecule has 0 aromatic carbocycles. The largest absolute Gasteiger partial charge is 0.396 e. The standard InChI is InChI=1S/C12H18FN5O3/c1-6(13)7(2-3-19)9(20)12(21)18-5-17-8-10(14)15-4-16-11(8)18/h4-7,9,12,19-21H,2-3H2,1H3,(H2,14,15,16)/t6-,7?,9?,12?/m0/s1. The molecule has 2 rings (SSSR count). The Balaban J connectivity index is 2.32. The molecule has 0 saturated carbocycles. The van der Waals surface area contributed by atoms with E-state index in [9.17, 15) is 14.6 Å². The Morgan fingerprint density at radius 3 is 2.67 bits per heavy atom. The molecule has 0 fully saturated rings. The molecule has 5 N–H and O–H groups in total. The quantitative estimate of drug-likeness (QED) is 0.571. The van der Waals surface area contributed by atoms with Crippen LogP contribution in [0.2, 0.25) is 0 Å². The van der Waals surface area contributed by atoms with Gasteiger partial charge in [0.05, 0.1) is 6.33 Å². The molecule has 0 amide bonds. The average Bonchev–Trinajstić information content (AvgIpc) is 2.88. The molecule has 0 spiro atoms. The number of anilines is 1. The molecule has 4 atom stereocenters. The van der Waals surface area contributed by atoms with Crippen molar-refractivity contribution < 1.29 is 19.7 Å². The molecule has 2 aromatic rings. The maximum absolute atomic E-state index is 13.5. The maximum atomic E-state index is 13.5. The van der Waals surface area contributed by atoms with Crippen molar-refractivity contribution in [2.24, 2.45) is 5.92 Å². The van der Waals surface area contributed by atoms with Crippen LogP contribution in [-0.2, 0) is 0 Å². The number of hydrogen-bond acceptors (Lipinski definition) is 7. The van der Waals surface area contributed by atoms with E-state index in [1.54, 1.807) is 0 Å². The fraction of sp³-hybridized carbons (Fsp3) is 0.583. The zero-order valence-corrected chi connectivity index (χ0v) is 11.5. The molecule has 0 aliphatic rings. The van der Waals surface area contributed by atoms with Crippen molar-refractivity contribution >= 4 is 17.0 Å². The Labute approximate surface area is 120 Å². The van der Waals surface area contributed by atoms with Gasteiger partial charge in [-0.05, 0) is 13.3 Å². The van der Waals surface area contributed by atoms with E-state index in [1.165, 1.54) is 24.1 Å². The van der Waals surface area contributed by atoms with E-state index < -0.39 is 24.4 Å². The Hall–Kier alpha value is -1.84. The fourth-order valence-electron chi connectivity index (χ4n) is 2.27. The summed E-state index contributed by atoms with van der Waals surface area (Å²) < 4.78 is 14.7. The zero-order chi connectivity index (χ0) is 15.6. The summed E-state index contributed by atoms with van der Waals surface area (Å²) >= 11 is 0. The number of nitrogens with zero attached hydrogens (tertiary/aromatic N) is 4. The van der Waals surface area contributed by atoms with Crippen LogP contribution in [0.25, 0.3) is 11.2 Å². The third-order valence-electron chi connectivity index (χ3n) is 3.47. The maximum Gasteiger partial charge on any atom is 0.167 e. The van der Waals surface area contributed by atoms with Gasteiger partial charge in [0.25, 0.3) is 0 Å². The number of alkyl halides is 1. The Morgan fingerprint density at radius 2 is 2.05 bits per heavy atom. The molecule has 0 bridgehead atoms. The van der Waals surface area contributed by atoms with Crippen LogP contribution in [-0.4, -0.2) is 53.7 Å². The monoisotopic (exact) mass is 299 g/mol. The van der Waals surface area contributed by atoms with Crippen molar-refractivity contribution in [3.05, 3.63) is 12.7 Å². The molecule has 21 heavy (non-hydrogen) atoms. The van der Waals surface area contributed by atoms with Gasteiger partial charge >= 0.3 is 0 Å². The Kier molecular flexibility index (Phi) is 4.66. The fourth-order valence-corrected chi connectivity index (χ4v) is 2.27. The lowest BCUT2D eigenvalue weighted by atomic mass is 9.93. The number of fused-ring (bicyclic) bond motifs is 1. The van der Waals surface area contributed by atoms with Gasteiger partial charge in [-0.15, -0.1) is 0 Å². The molecule has 116 valence electrons. The highest BCUT2D eigenvalue weighted by Gasteiger charge is 2.32. The average molecular weight is 299 g/mol. The summed E-state index contributed by atoms with van der Waals surface area (Å²) in [6, 6.07) is 0. The topological polar surface area (TPSA) is 130 Å². The van der Waals surface area contributed by atoms with Crippen LogP contribution in [0.15, 0.2) is 12.7 Å². The molecule has 2 aromatic heterocycles. The van der Waals surface area contributed by atoms with Crippen LogP contribution >= 0.6 is 0 Å². The van der Waals surface area contributed by atoms with Gasteiger partial charge in [-0.3, -0.25) is 4.57 Å². The highest BCUT2D eigenvalue weighted by molar-refractivity contribution is 5.81. The van der Waals surface area contributed by atoms with Gasteiger partial charge < -0.3 is 21.1 Å². The minimum absolute atomic E-state index is 0.0274. The summed E-state index contributed by atoms with van der Waals surface area (Å²) in [6.45, 7) is 0.977. The number of imidazole rings is 1. The first kappa shape index (κ1) is 15.5. The summed E-state index contributed by atoms with van der Waals surface area (Å²) in [5.41, 5.74) is 6.16. The van der Waals surface area contributed by atoms with E-state index >= 15 is 0 Å². The van der Waals surface area contributed by atoms with Crippen molar-refractivity contribution in [1.82, 2.24) is 19.5 Å². The molecular weight excluding hydrogens is 281 g/mol. The van der Waals surface area contributed by atoms with Gasteiger partial charge in [-0.1, -0.05) is 0 Å². The molecule has 2 heterocycles. The third-order valence-corrected chi connectivity index (χ3v) is 3.47. The summed E-state index contributed by atoms with van der Waals surface area (Å²) in [7, 11) is 0. The first-order valence-electron chi connectivity index (χ1n) is 6.51. The minimum Gasteiger partial charge on any atom is -0.396 e. The van der Waals surface area contributed by atoms with Crippen molar-refractivity contribution in [3.63, 3.8) is 0 Å². The van der Waals surface area contributed by atoms with Crippen molar-refractivity contribution in [2.75, 3.05) is 12.3 Å². The van der Waals surface area contributed by atoms with Crippen LogP contribution in [0.4, 0.5) is 10.2 Å². The molecular formula is C12H18FN5O3. The van der Waals surface area contributed by atoms with Gasteiger partial charge in [-0.2, -0.15) is 0 Å². The van der Waals surface area contributed by atoms with Gasteiger partial charge in [-0.25, -0.2) is 19.3 Å². The van der Waals surface area contributed by atoms with Crippen molar-refractivity contribution in [1.29, 1.82) is 0 Å². The molecule has 0 aliphatic carbocycles. The van der Waals surface area contributed by atoms with Crippen molar-refractivity contribution in [2.45, 2.75) is 31.8 Å². The number of rotatable bonds is 6. The SMILES string of the molecule is C[C@H](F)C(CCO)C(O)C(O)n1cnc2c(N)ncnc21. The van der Waals surface area contributed by atoms with Crippen LogP contribution < -0.4 is 5.73 Å². The van der Waals surface area contributed by atoms with Gasteiger partial charge in [0, 0.05) is 12.5 Å². The van der Waals surface area contributed by atoms with Gasteiger partial charge in [0.15, 0.2) is 17.7 Å². The van der Waals surface area contributed by atoms with E-state index in [0.29, 0.717) is 0 Å². The minimum atomic E-state index is -1.46. The Bertz CT molecular complexity index is 606. The predicted octanol–water partition coefficient (Wildman–Crippen LogP) is -0.383. The van der Waals surface area contributed by atoms with E-state index in [0.717, 1.165) is 0 Å². The molecule has 0 saturated heterocycles. The van der Waals surface area contributed by atoms with E-state index in [2.05, 4.69) is 15.0 Å². The van der Waals surface area contributed by atoms with Crippen LogP contribution in [0.1, 0.15) is 19.6 Å². The van der Waals surface area contributed by atoms with E-state index in [1.807, 2.05) is 0 Å². The number of nitrogens with two attached hydrogens (primary N) is 1. The number of halogens is 1. The normalized spacial score (nSPS) is 17.6. The Morgan fingerprint density at radius 1 is 1.33 bits per heavy atom. The molecule has 3 unspecified atom stereocenters. The van der Waals surface area contributed by atoms with Crippen molar-refractivity contribution in [3.8, 4) is 0 Å². The van der Waals surface area contributed by atoms with Gasteiger partial charge in [0.2, 0.25) is 0 Å².